The van der Waals surface area contributed by atoms with Crippen LogP contribution in [0.5, 0.6) is 0 Å². The van der Waals surface area contributed by atoms with Gasteiger partial charge in [0.1, 0.15) is 17.6 Å². The third-order valence-electron chi connectivity index (χ3n) is 8.78. The Morgan fingerprint density at radius 2 is 1.84 bits per heavy atom. The number of aromatic nitrogens is 4. The molecule has 0 amide bonds. The van der Waals surface area contributed by atoms with Crippen LogP contribution in [0.4, 0.5) is 0 Å². The van der Waals surface area contributed by atoms with E-state index < -0.39 is 5.97 Å². The first-order valence-corrected chi connectivity index (χ1v) is 15.3. The molecule has 5 heterocycles. The molecular formula is C34H35N5O5. The van der Waals surface area contributed by atoms with E-state index in [4.69, 9.17) is 14.0 Å². The van der Waals surface area contributed by atoms with Gasteiger partial charge in [-0.2, -0.15) is 0 Å². The van der Waals surface area contributed by atoms with E-state index in [0.717, 1.165) is 79.4 Å². The second kappa shape index (κ2) is 12.4. The van der Waals surface area contributed by atoms with E-state index in [2.05, 4.69) is 31.9 Å². The summed E-state index contributed by atoms with van der Waals surface area (Å²) in [5, 5.41) is 13.5. The number of hydrogen-bond donors (Lipinski definition) is 1. The van der Waals surface area contributed by atoms with Gasteiger partial charge in [-0.1, -0.05) is 17.0 Å². The minimum Gasteiger partial charge on any atom is -0.481 e. The molecule has 2 saturated heterocycles. The Bertz CT molecular complexity index is 1650. The van der Waals surface area contributed by atoms with Crippen molar-refractivity contribution in [3.63, 3.8) is 0 Å². The molecule has 10 heteroatoms. The first kappa shape index (κ1) is 28.5. The molecule has 1 saturated carbocycles. The average Bonchev–Trinajstić information content (AvgIpc) is 3.46. The van der Waals surface area contributed by atoms with Gasteiger partial charge in [0.15, 0.2) is 12.1 Å². The summed E-state index contributed by atoms with van der Waals surface area (Å²) in [6, 6.07) is 13.8. The van der Waals surface area contributed by atoms with Crippen molar-refractivity contribution in [2.75, 3.05) is 19.7 Å². The highest BCUT2D eigenvalue weighted by atomic mass is 16.7. The summed E-state index contributed by atoms with van der Waals surface area (Å²) in [6.07, 6.45) is 8.23. The number of hydrogen-bond acceptors (Lipinski definition) is 8. The van der Waals surface area contributed by atoms with Crippen molar-refractivity contribution in [2.24, 2.45) is 17.8 Å². The minimum atomic E-state index is -0.653. The van der Waals surface area contributed by atoms with Crippen molar-refractivity contribution in [3.8, 4) is 23.2 Å². The Morgan fingerprint density at radius 1 is 1.05 bits per heavy atom. The van der Waals surface area contributed by atoms with E-state index in [-0.39, 0.29) is 18.3 Å². The molecule has 0 bridgehead atoms. The predicted octanol–water partition coefficient (Wildman–Crippen LogP) is 4.75. The molecule has 10 nitrogen and oxygen atoms in total. The molecule has 1 aliphatic carbocycles. The summed E-state index contributed by atoms with van der Waals surface area (Å²) in [6.45, 7) is 5.69. The lowest BCUT2D eigenvalue weighted by molar-refractivity contribution is -0.188. The zero-order valence-corrected chi connectivity index (χ0v) is 24.6. The maximum absolute atomic E-state index is 11.2. The van der Waals surface area contributed by atoms with Gasteiger partial charge in [0.2, 0.25) is 0 Å². The highest BCUT2D eigenvalue weighted by molar-refractivity contribution is 5.74. The topological polar surface area (TPSA) is 116 Å². The summed E-state index contributed by atoms with van der Waals surface area (Å²) >= 11 is 0. The SMILES string of the molecule is C[C@H](OC1CCCCO1)c1nccn1Cc1cc(-c2ccc(C#Cc3ccc(CN4CC5C(C4)C5C(=O)O)nc3)cc2)on1. The van der Waals surface area contributed by atoms with Crippen LogP contribution in [0, 0.1) is 29.6 Å². The molecule has 2 aliphatic heterocycles. The Morgan fingerprint density at radius 3 is 2.57 bits per heavy atom. The van der Waals surface area contributed by atoms with E-state index in [1.807, 2.05) is 60.2 Å². The molecule has 3 aliphatic rings. The zero-order valence-electron chi connectivity index (χ0n) is 24.6. The maximum Gasteiger partial charge on any atom is 0.307 e. The number of nitrogens with zero attached hydrogens (tertiary/aromatic N) is 5. The number of likely N-dealkylation sites (tertiary alicyclic amines) is 1. The van der Waals surface area contributed by atoms with Crippen LogP contribution in [0.2, 0.25) is 0 Å². The maximum atomic E-state index is 11.2. The van der Waals surface area contributed by atoms with E-state index >= 15 is 0 Å². The van der Waals surface area contributed by atoms with Crippen LogP contribution >= 0.6 is 0 Å². The fourth-order valence-corrected chi connectivity index (χ4v) is 6.41. The van der Waals surface area contributed by atoms with Crippen molar-refractivity contribution in [2.45, 2.75) is 51.7 Å². The predicted molar refractivity (Wildman–Crippen MR) is 160 cm³/mol. The van der Waals surface area contributed by atoms with E-state index in [0.29, 0.717) is 24.1 Å². The van der Waals surface area contributed by atoms with Crippen molar-refractivity contribution >= 4 is 5.97 Å². The smallest absolute Gasteiger partial charge is 0.307 e. The summed E-state index contributed by atoms with van der Waals surface area (Å²) in [7, 11) is 0. The molecule has 7 rings (SSSR count). The molecule has 4 aromatic rings. The summed E-state index contributed by atoms with van der Waals surface area (Å²) in [5.74, 6) is 7.73. The summed E-state index contributed by atoms with van der Waals surface area (Å²) < 4.78 is 19.5. The molecule has 0 radical (unpaired) electrons. The molecular weight excluding hydrogens is 558 g/mol. The van der Waals surface area contributed by atoms with Gasteiger partial charge >= 0.3 is 5.97 Å². The Hall–Kier alpha value is -4.30. The number of ether oxygens (including phenoxy) is 2. The number of pyridine rings is 1. The average molecular weight is 594 g/mol. The van der Waals surface area contributed by atoms with Crippen molar-refractivity contribution < 1.29 is 23.9 Å². The summed E-state index contributed by atoms with van der Waals surface area (Å²) in [5.41, 5.74) is 4.43. The van der Waals surface area contributed by atoms with Gasteiger partial charge in [-0.3, -0.25) is 14.7 Å². The van der Waals surface area contributed by atoms with Crippen LogP contribution in [0.3, 0.4) is 0 Å². The number of carboxylic acid groups (broad SMARTS) is 1. The molecule has 1 aromatic carbocycles. The van der Waals surface area contributed by atoms with E-state index in [9.17, 15) is 9.90 Å². The van der Waals surface area contributed by atoms with Crippen molar-refractivity contribution in [1.82, 2.24) is 24.6 Å². The van der Waals surface area contributed by atoms with Crippen molar-refractivity contribution in [3.05, 3.63) is 89.4 Å². The first-order chi connectivity index (χ1) is 21.5. The van der Waals surface area contributed by atoms with Crippen LogP contribution in [0.25, 0.3) is 11.3 Å². The molecule has 226 valence electrons. The Labute approximate surface area is 256 Å². The fourth-order valence-electron chi connectivity index (χ4n) is 6.41. The van der Waals surface area contributed by atoms with Gasteiger partial charge in [-0.25, -0.2) is 4.98 Å². The van der Waals surface area contributed by atoms with Crippen LogP contribution in [-0.2, 0) is 27.4 Å². The highest BCUT2D eigenvalue weighted by Gasteiger charge is 2.59. The Balaban J connectivity index is 0.924. The normalized spacial score (nSPS) is 23.5. The largest absolute Gasteiger partial charge is 0.481 e. The second-order valence-corrected chi connectivity index (χ2v) is 11.9. The minimum absolute atomic E-state index is 0.141. The zero-order chi connectivity index (χ0) is 30.0. The van der Waals surface area contributed by atoms with E-state index in [1.165, 1.54) is 0 Å². The number of benzene rings is 1. The van der Waals surface area contributed by atoms with E-state index in [1.54, 1.807) is 12.4 Å². The molecule has 0 spiro atoms. The second-order valence-electron chi connectivity index (χ2n) is 11.9. The molecule has 44 heavy (non-hydrogen) atoms. The lowest BCUT2D eigenvalue weighted by Gasteiger charge is -2.26. The number of carbonyl (C=O) groups is 1. The number of rotatable bonds is 9. The monoisotopic (exact) mass is 593 g/mol. The standard InChI is InChI=1S/C34H35N5O5/c1-22(43-31-4-2-3-15-42-31)33-35-13-14-39(33)19-27-16-30(44-37-27)25-10-7-23(8-11-25)5-6-24-9-12-26(36-17-24)18-38-20-28-29(21-38)32(28)34(40)41/h7-14,16-17,22,28-29,31-32H,2-4,15,18-21H2,1H3,(H,40,41)/t22-,28?,29?,31?,32?/m0/s1. The molecule has 3 unspecified atom stereocenters. The number of aliphatic carboxylic acids is 1. The van der Waals surface area contributed by atoms with Gasteiger partial charge in [0.25, 0.3) is 0 Å². The molecule has 3 fully saturated rings. The number of carboxylic acids is 1. The highest BCUT2D eigenvalue weighted by Crippen LogP contribution is 2.51. The molecule has 1 N–H and O–H groups in total. The van der Waals surface area contributed by atoms with Crippen LogP contribution in [0.1, 0.15) is 60.6 Å². The number of piperidine rings is 1. The number of imidazole rings is 1. The fraction of sp³-hybridized carbons (Fsp3) is 0.412. The number of fused-ring (bicyclic) bond motifs is 1. The van der Waals surface area contributed by atoms with Gasteiger partial charge in [0, 0.05) is 67.6 Å². The van der Waals surface area contributed by atoms with Gasteiger partial charge in [0.05, 0.1) is 18.2 Å². The third kappa shape index (κ3) is 6.31. The lowest BCUT2D eigenvalue weighted by atomic mass is 10.1. The van der Waals surface area contributed by atoms with Crippen LogP contribution in [-0.4, -0.2) is 61.7 Å². The summed E-state index contributed by atoms with van der Waals surface area (Å²) in [4.78, 5) is 22.6. The first-order valence-electron chi connectivity index (χ1n) is 15.3. The quantitative estimate of drug-likeness (QED) is 0.275. The van der Waals surface area contributed by atoms with Gasteiger partial charge in [-0.05, 0) is 74.4 Å². The van der Waals surface area contributed by atoms with Crippen LogP contribution < -0.4 is 0 Å². The van der Waals surface area contributed by atoms with Crippen LogP contribution in [0.15, 0.2) is 65.6 Å². The molecule has 4 atom stereocenters. The molecule has 3 aromatic heterocycles. The lowest BCUT2D eigenvalue weighted by Crippen LogP contribution is -2.26. The van der Waals surface area contributed by atoms with Crippen molar-refractivity contribution in [1.29, 1.82) is 0 Å². The third-order valence-corrected chi connectivity index (χ3v) is 8.78. The van der Waals surface area contributed by atoms with Gasteiger partial charge in [-0.15, -0.1) is 0 Å². The Kier molecular flexibility index (Phi) is 8.00. The van der Waals surface area contributed by atoms with Gasteiger partial charge < -0.3 is 23.7 Å².